The number of hydrogen-bond acceptors (Lipinski definition) is 5. The quantitative estimate of drug-likeness (QED) is 0.836. The summed E-state index contributed by atoms with van der Waals surface area (Å²) in [7, 11) is 3.35. The van der Waals surface area contributed by atoms with Gasteiger partial charge in [-0.2, -0.15) is 0 Å². The maximum Gasteiger partial charge on any atom is 0.313 e. The van der Waals surface area contributed by atoms with E-state index in [0.29, 0.717) is 17.2 Å². The number of methoxy groups -OCH3 is 1. The van der Waals surface area contributed by atoms with Crippen LogP contribution >= 0.6 is 11.8 Å². The van der Waals surface area contributed by atoms with Gasteiger partial charge in [0.25, 0.3) is 0 Å². The monoisotopic (exact) mass is 309 g/mol. The zero-order valence-corrected chi connectivity index (χ0v) is 12.4. The Morgan fingerprint density at radius 2 is 2.19 bits per heavy atom. The second-order valence-corrected chi connectivity index (χ2v) is 5.24. The van der Waals surface area contributed by atoms with Crippen LogP contribution in [0.15, 0.2) is 18.2 Å². The summed E-state index contributed by atoms with van der Waals surface area (Å²) >= 11 is 1.04. The molecule has 0 spiro atoms. The number of nitrogens with zero attached hydrogens (tertiary/aromatic N) is 2. The van der Waals surface area contributed by atoms with E-state index in [0.717, 1.165) is 17.3 Å². The fourth-order valence-corrected chi connectivity index (χ4v) is 2.39. The lowest BCUT2D eigenvalue weighted by molar-refractivity contribution is -0.133. The first kappa shape index (κ1) is 15.2. The molecule has 7 nitrogen and oxygen atoms in total. The first-order valence-corrected chi connectivity index (χ1v) is 7.27. The molecule has 2 rings (SSSR count). The van der Waals surface area contributed by atoms with Gasteiger partial charge in [0.15, 0.2) is 0 Å². The van der Waals surface area contributed by atoms with Crippen molar-refractivity contribution in [2.75, 3.05) is 23.9 Å². The maximum atomic E-state index is 11.8. The van der Waals surface area contributed by atoms with Gasteiger partial charge < -0.3 is 14.4 Å². The van der Waals surface area contributed by atoms with Crippen LogP contribution in [0.5, 0.6) is 5.75 Å². The predicted molar refractivity (Wildman–Crippen MR) is 80.9 cm³/mol. The summed E-state index contributed by atoms with van der Waals surface area (Å²) in [6.07, 6.45) is 0. The Labute approximate surface area is 125 Å². The number of hydrogen-bond donors (Lipinski definition) is 2. The zero-order chi connectivity index (χ0) is 15.4. The number of nitrogens with one attached hydrogen (secondary N) is 1. The summed E-state index contributed by atoms with van der Waals surface area (Å²) in [6.45, 7) is 0. The number of carbonyl (C=O) groups is 2. The largest absolute Gasteiger partial charge is 0.494 e. The van der Waals surface area contributed by atoms with E-state index >= 15 is 0 Å². The number of aryl methyl sites for hydroxylation is 1. The van der Waals surface area contributed by atoms with Crippen molar-refractivity contribution < 1.29 is 19.4 Å². The molecule has 1 aromatic carbocycles. The average Bonchev–Trinajstić information content (AvgIpc) is 2.75. The summed E-state index contributed by atoms with van der Waals surface area (Å²) < 4.78 is 6.98. The van der Waals surface area contributed by atoms with E-state index in [1.807, 2.05) is 12.1 Å². The Morgan fingerprint density at radius 3 is 2.86 bits per heavy atom. The summed E-state index contributed by atoms with van der Waals surface area (Å²) in [5.41, 5.74) is 1.50. The van der Waals surface area contributed by atoms with E-state index in [-0.39, 0.29) is 17.4 Å². The number of imidazole rings is 1. The summed E-state index contributed by atoms with van der Waals surface area (Å²) in [5.74, 6) is -0.255. The minimum atomic E-state index is -0.944. The number of aliphatic carboxylic acids is 1. The molecule has 0 aliphatic rings. The van der Waals surface area contributed by atoms with Gasteiger partial charge >= 0.3 is 5.97 Å². The molecule has 1 aromatic heterocycles. The lowest BCUT2D eigenvalue weighted by Gasteiger charge is -2.04. The molecule has 0 saturated heterocycles. The molecule has 2 N–H and O–H groups in total. The molecule has 0 aliphatic heterocycles. The van der Waals surface area contributed by atoms with Crippen LogP contribution in [0.4, 0.5) is 5.95 Å². The molecule has 0 bridgehead atoms. The maximum absolute atomic E-state index is 11.8. The van der Waals surface area contributed by atoms with Gasteiger partial charge in [-0.05, 0) is 12.1 Å². The van der Waals surface area contributed by atoms with Crippen LogP contribution in [0.1, 0.15) is 0 Å². The molecule has 8 heteroatoms. The standard InChI is InChI=1S/C13H15N3O4S/c1-16-8-4-3-5-9(20-2)12(8)15-13(16)14-10(17)6-21-7-11(18)19/h3-5H,6-7H2,1-2H3,(H,18,19)(H,14,15,17). The number of rotatable bonds is 6. The minimum absolute atomic E-state index is 0.0621. The summed E-state index contributed by atoms with van der Waals surface area (Å²) in [5, 5.41) is 11.2. The van der Waals surface area contributed by atoms with E-state index in [2.05, 4.69) is 10.3 Å². The highest BCUT2D eigenvalue weighted by Gasteiger charge is 2.13. The highest BCUT2D eigenvalue weighted by Crippen LogP contribution is 2.26. The lowest BCUT2D eigenvalue weighted by atomic mass is 10.3. The molecular formula is C13H15N3O4S. The molecule has 21 heavy (non-hydrogen) atoms. The van der Waals surface area contributed by atoms with Gasteiger partial charge in [0.05, 0.1) is 24.1 Å². The van der Waals surface area contributed by atoms with Crippen molar-refractivity contribution in [2.45, 2.75) is 0 Å². The van der Waals surface area contributed by atoms with Gasteiger partial charge in [0, 0.05) is 7.05 Å². The molecule has 0 aliphatic carbocycles. The third-order valence-corrected chi connectivity index (χ3v) is 3.72. The van der Waals surface area contributed by atoms with E-state index in [1.54, 1.807) is 24.8 Å². The number of carboxylic acid groups (broad SMARTS) is 1. The van der Waals surface area contributed by atoms with Crippen LogP contribution < -0.4 is 10.1 Å². The van der Waals surface area contributed by atoms with E-state index in [1.165, 1.54) is 0 Å². The fraction of sp³-hybridized carbons (Fsp3) is 0.308. The molecule has 2 aromatic rings. The van der Waals surface area contributed by atoms with E-state index in [4.69, 9.17) is 9.84 Å². The number of aromatic nitrogens is 2. The SMILES string of the molecule is COc1cccc2c1nc(NC(=O)CSCC(=O)O)n2C. The molecular weight excluding hydrogens is 294 g/mol. The Kier molecular flexibility index (Phi) is 4.69. The van der Waals surface area contributed by atoms with Gasteiger partial charge in [-0.3, -0.25) is 14.9 Å². The first-order valence-electron chi connectivity index (χ1n) is 6.11. The van der Waals surface area contributed by atoms with Crippen molar-refractivity contribution in [3.05, 3.63) is 18.2 Å². The smallest absolute Gasteiger partial charge is 0.313 e. The third kappa shape index (κ3) is 3.46. The second kappa shape index (κ2) is 6.49. The third-order valence-electron chi connectivity index (χ3n) is 2.80. The molecule has 0 saturated carbocycles. The normalized spacial score (nSPS) is 10.6. The number of benzene rings is 1. The number of carboxylic acids is 1. The number of thioether (sulfide) groups is 1. The van der Waals surface area contributed by atoms with Gasteiger partial charge in [0.2, 0.25) is 11.9 Å². The topological polar surface area (TPSA) is 93.4 Å². The number of para-hydroxylation sites is 1. The number of anilines is 1. The first-order chi connectivity index (χ1) is 10.0. The van der Waals surface area contributed by atoms with Crippen LogP contribution in [-0.4, -0.2) is 45.1 Å². The molecule has 112 valence electrons. The number of amides is 1. The van der Waals surface area contributed by atoms with Crippen molar-refractivity contribution >= 4 is 40.6 Å². The van der Waals surface area contributed by atoms with Crippen LogP contribution in [0, 0.1) is 0 Å². The van der Waals surface area contributed by atoms with Gasteiger partial charge in [0.1, 0.15) is 11.3 Å². The van der Waals surface area contributed by atoms with Crippen molar-refractivity contribution in [3.63, 3.8) is 0 Å². The molecule has 1 amide bonds. The summed E-state index contributed by atoms with van der Waals surface area (Å²) in [6, 6.07) is 5.51. The van der Waals surface area contributed by atoms with Crippen LogP contribution in [0.2, 0.25) is 0 Å². The Balaban J connectivity index is 2.13. The Morgan fingerprint density at radius 1 is 1.43 bits per heavy atom. The van der Waals surface area contributed by atoms with Crippen molar-refractivity contribution in [1.29, 1.82) is 0 Å². The molecule has 0 unspecified atom stereocenters. The number of carbonyl (C=O) groups excluding carboxylic acids is 1. The summed E-state index contributed by atoms with van der Waals surface area (Å²) in [4.78, 5) is 26.5. The van der Waals surface area contributed by atoms with E-state index < -0.39 is 5.97 Å². The number of fused-ring (bicyclic) bond motifs is 1. The highest BCUT2D eigenvalue weighted by molar-refractivity contribution is 8.00. The zero-order valence-electron chi connectivity index (χ0n) is 11.6. The lowest BCUT2D eigenvalue weighted by Crippen LogP contribution is -2.17. The number of ether oxygens (including phenoxy) is 1. The average molecular weight is 309 g/mol. The van der Waals surface area contributed by atoms with Crippen molar-refractivity contribution in [1.82, 2.24) is 9.55 Å². The molecule has 0 fully saturated rings. The van der Waals surface area contributed by atoms with Gasteiger partial charge in [-0.15, -0.1) is 11.8 Å². The van der Waals surface area contributed by atoms with E-state index in [9.17, 15) is 9.59 Å². The van der Waals surface area contributed by atoms with Crippen molar-refractivity contribution in [3.8, 4) is 5.75 Å². The molecule has 0 atom stereocenters. The highest BCUT2D eigenvalue weighted by atomic mass is 32.2. The van der Waals surface area contributed by atoms with Crippen molar-refractivity contribution in [2.24, 2.45) is 7.05 Å². The minimum Gasteiger partial charge on any atom is -0.494 e. The van der Waals surface area contributed by atoms with Crippen LogP contribution in [0.25, 0.3) is 11.0 Å². The predicted octanol–water partition coefficient (Wildman–Crippen LogP) is 1.34. The van der Waals surface area contributed by atoms with Gasteiger partial charge in [-0.25, -0.2) is 4.98 Å². The Hall–Kier alpha value is -2.22. The van der Waals surface area contributed by atoms with Crippen LogP contribution in [0.3, 0.4) is 0 Å². The Bertz CT molecular complexity index is 683. The molecule has 0 radical (unpaired) electrons. The fourth-order valence-electron chi connectivity index (χ4n) is 1.86. The van der Waals surface area contributed by atoms with Crippen LogP contribution in [-0.2, 0) is 16.6 Å². The van der Waals surface area contributed by atoms with Gasteiger partial charge in [-0.1, -0.05) is 6.07 Å². The molecule has 1 heterocycles. The second-order valence-electron chi connectivity index (χ2n) is 4.26.